The first-order valence-corrected chi connectivity index (χ1v) is 9.22. The molecule has 3 heterocycles. The van der Waals surface area contributed by atoms with Crippen LogP contribution in [0.3, 0.4) is 0 Å². The van der Waals surface area contributed by atoms with E-state index >= 15 is 0 Å². The van der Waals surface area contributed by atoms with Crippen LogP contribution in [0.2, 0.25) is 0 Å². The van der Waals surface area contributed by atoms with Gasteiger partial charge in [0.1, 0.15) is 12.3 Å². The van der Waals surface area contributed by atoms with Gasteiger partial charge in [-0.15, -0.1) is 0 Å². The van der Waals surface area contributed by atoms with Gasteiger partial charge in [0.15, 0.2) is 0 Å². The molecule has 1 atom stereocenters. The number of aryl methyl sites for hydroxylation is 1. The molecule has 0 unspecified atom stereocenters. The maximum absolute atomic E-state index is 12.3. The number of furan rings is 1. The Morgan fingerprint density at radius 3 is 2.79 bits per heavy atom. The Bertz CT molecular complexity index is 714. The van der Waals surface area contributed by atoms with Crippen molar-refractivity contribution < 1.29 is 9.21 Å². The molecule has 6 nitrogen and oxygen atoms in total. The lowest BCUT2D eigenvalue weighted by Crippen LogP contribution is -2.41. The van der Waals surface area contributed by atoms with Crippen LogP contribution in [0, 0.1) is 6.92 Å². The van der Waals surface area contributed by atoms with Crippen molar-refractivity contribution in [3.63, 3.8) is 0 Å². The molecule has 0 radical (unpaired) electrons. The number of carbonyl (C=O) groups is 1. The smallest absolute Gasteiger partial charge is 0.307 e. The van der Waals surface area contributed by atoms with E-state index in [2.05, 4.69) is 10.2 Å². The maximum Gasteiger partial charge on any atom is 0.307 e. The van der Waals surface area contributed by atoms with Crippen LogP contribution >= 0.6 is 11.3 Å². The van der Waals surface area contributed by atoms with Crippen LogP contribution < -0.4 is 10.2 Å². The highest BCUT2D eigenvalue weighted by Gasteiger charge is 2.25. The van der Waals surface area contributed by atoms with Crippen molar-refractivity contribution >= 4 is 17.2 Å². The van der Waals surface area contributed by atoms with Crippen LogP contribution in [0.4, 0.5) is 0 Å². The van der Waals surface area contributed by atoms with Crippen LogP contribution in [0.1, 0.15) is 36.8 Å². The Morgan fingerprint density at radius 2 is 2.17 bits per heavy atom. The zero-order valence-corrected chi connectivity index (χ0v) is 14.7. The van der Waals surface area contributed by atoms with E-state index in [1.807, 2.05) is 19.1 Å². The van der Waals surface area contributed by atoms with Crippen molar-refractivity contribution in [2.45, 2.75) is 38.8 Å². The first kappa shape index (κ1) is 17.0. The number of likely N-dealkylation sites (tertiary alicyclic amines) is 1. The Hall–Kier alpha value is -1.86. The molecule has 0 bridgehead atoms. The third-order valence-electron chi connectivity index (χ3n) is 4.47. The minimum atomic E-state index is -0.146. The summed E-state index contributed by atoms with van der Waals surface area (Å²) in [4.78, 5) is 26.3. The largest absolute Gasteiger partial charge is 0.468 e. The normalized spacial score (nSPS) is 16.9. The lowest BCUT2D eigenvalue weighted by molar-refractivity contribution is -0.122. The summed E-state index contributed by atoms with van der Waals surface area (Å²) in [5, 5.41) is 4.74. The van der Waals surface area contributed by atoms with Crippen molar-refractivity contribution in [3.05, 3.63) is 44.9 Å². The topological polar surface area (TPSA) is 67.5 Å². The molecule has 1 amide bonds. The van der Waals surface area contributed by atoms with E-state index in [4.69, 9.17) is 4.42 Å². The highest BCUT2D eigenvalue weighted by Crippen LogP contribution is 2.24. The second-order valence-corrected chi connectivity index (χ2v) is 6.98. The number of nitrogens with one attached hydrogen (secondary N) is 1. The highest BCUT2D eigenvalue weighted by molar-refractivity contribution is 7.07. The van der Waals surface area contributed by atoms with Crippen LogP contribution in [0.25, 0.3) is 0 Å². The SMILES string of the molecule is Cc1csc(=O)n1CC(=O)NC[C@@H](c1ccco1)N1CCCCC1. The minimum Gasteiger partial charge on any atom is -0.468 e. The molecule has 2 aromatic heterocycles. The number of hydrogen-bond donors (Lipinski definition) is 1. The molecular weight excluding hydrogens is 326 g/mol. The van der Waals surface area contributed by atoms with Crippen molar-refractivity contribution in [2.75, 3.05) is 19.6 Å². The molecule has 7 heteroatoms. The number of piperidine rings is 1. The van der Waals surface area contributed by atoms with Gasteiger partial charge in [0.25, 0.3) is 0 Å². The summed E-state index contributed by atoms with van der Waals surface area (Å²) in [6.45, 7) is 4.43. The van der Waals surface area contributed by atoms with Crippen molar-refractivity contribution in [1.82, 2.24) is 14.8 Å². The van der Waals surface area contributed by atoms with Gasteiger partial charge in [-0.1, -0.05) is 17.8 Å². The first-order valence-electron chi connectivity index (χ1n) is 8.34. The fraction of sp³-hybridized carbons (Fsp3) is 0.529. The predicted molar refractivity (Wildman–Crippen MR) is 93.2 cm³/mol. The molecule has 2 aromatic rings. The number of carbonyl (C=O) groups excluding carboxylic acids is 1. The van der Waals surface area contributed by atoms with Gasteiger partial charge in [0, 0.05) is 17.6 Å². The number of nitrogens with zero attached hydrogens (tertiary/aromatic N) is 2. The second kappa shape index (κ2) is 7.81. The quantitative estimate of drug-likeness (QED) is 0.868. The summed E-state index contributed by atoms with van der Waals surface area (Å²) in [5.41, 5.74) is 0.818. The lowest BCUT2D eigenvalue weighted by atomic mass is 10.1. The summed E-state index contributed by atoms with van der Waals surface area (Å²) in [6.07, 6.45) is 5.28. The van der Waals surface area contributed by atoms with Crippen molar-refractivity contribution in [1.29, 1.82) is 0 Å². The van der Waals surface area contributed by atoms with Gasteiger partial charge in [0.05, 0.1) is 12.3 Å². The van der Waals surface area contributed by atoms with E-state index in [0.717, 1.165) is 35.9 Å². The molecule has 0 aliphatic carbocycles. The van der Waals surface area contributed by atoms with E-state index in [1.54, 1.807) is 11.6 Å². The summed E-state index contributed by atoms with van der Waals surface area (Å²) < 4.78 is 7.08. The first-order chi connectivity index (χ1) is 11.6. The summed E-state index contributed by atoms with van der Waals surface area (Å²) in [5.74, 6) is 0.730. The average molecular weight is 349 g/mol. The predicted octanol–water partition coefficient (Wildman–Crippen LogP) is 2.15. The number of amides is 1. The van der Waals surface area contributed by atoms with Crippen LogP contribution in [-0.2, 0) is 11.3 Å². The number of rotatable bonds is 6. The second-order valence-electron chi connectivity index (χ2n) is 6.16. The lowest BCUT2D eigenvalue weighted by Gasteiger charge is -2.33. The van der Waals surface area contributed by atoms with Gasteiger partial charge in [-0.3, -0.25) is 19.1 Å². The number of hydrogen-bond acceptors (Lipinski definition) is 5. The van der Waals surface area contributed by atoms with E-state index in [-0.39, 0.29) is 23.4 Å². The van der Waals surface area contributed by atoms with Crippen molar-refractivity contribution in [2.24, 2.45) is 0 Å². The Labute approximate surface area is 145 Å². The zero-order chi connectivity index (χ0) is 16.9. The molecule has 1 fully saturated rings. The fourth-order valence-corrected chi connectivity index (χ4v) is 3.86. The Kier molecular flexibility index (Phi) is 5.52. The molecule has 24 heavy (non-hydrogen) atoms. The molecule has 1 N–H and O–H groups in total. The van der Waals surface area contributed by atoms with E-state index in [0.29, 0.717) is 6.54 Å². The fourth-order valence-electron chi connectivity index (χ4n) is 3.13. The third kappa shape index (κ3) is 3.96. The zero-order valence-electron chi connectivity index (χ0n) is 13.9. The molecule has 1 aliphatic rings. The molecule has 3 rings (SSSR count). The number of thiazole rings is 1. The molecule has 130 valence electrons. The summed E-state index contributed by atoms with van der Waals surface area (Å²) in [6, 6.07) is 3.88. The molecule has 1 aliphatic heterocycles. The van der Waals surface area contributed by atoms with Crippen LogP contribution in [0.15, 0.2) is 33.0 Å². The molecule has 0 aromatic carbocycles. The van der Waals surface area contributed by atoms with Crippen LogP contribution in [0.5, 0.6) is 0 Å². The molecule has 0 saturated carbocycles. The summed E-state index contributed by atoms with van der Waals surface area (Å²) in [7, 11) is 0. The van der Waals surface area contributed by atoms with Gasteiger partial charge in [-0.25, -0.2) is 0 Å². The van der Waals surface area contributed by atoms with Gasteiger partial charge >= 0.3 is 4.87 Å². The highest BCUT2D eigenvalue weighted by atomic mass is 32.1. The van der Waals surface area contributed by atoms with Gasteiger partial charge < -0.3 is 9.73 Å². The third-order valence-corrected chi connectivity index (χ3v) is 5.35. The van der Waals surface area contributed by atoms with Gasteiger partial charge in [-0.2, -0.15) is 0 Å². The van der Waals surface area contributed by atoms with Gasteiger partial charge in [-0.05, 0) is 45.0 Å². The standard InChI is InChI=1S/C17H23N3O3S/c1-13-12-24-17(22)20(13)11-16(21)18-10-14(15-6-5-9-23-15)19-7-3-2-4-8-19/h5-6,9,12,14H,2-4,7-8,10-11H2,1H3,(H,18,21)/t14-/m0/s1. The van der Waals surface area contributed by atoms with Gasteiger partial charge in [0.2, 0.25) is 5.91 Å². The van der Waals surface area contributed by atoms with Crippen LogP contribution in [-0.4, -0.2) is 35.0 Å². The van der Waals surface area contributed by atoms with E-state index in [9.17, 15) is 9.59 Å². The summed E-state index contributed by atoms with van der Waals surface area (Å²) >= 11 is 1.12. The Morgan fingerprint density at radius 1 is 1.38 bits per heavy atom. The maximum atomic E-state index is 12.3. The monoisotopic (exact) mass is 349 g/mol. The van der Waals surface area contributed by atoms with E-state index < -0.39 is 0 Å². The molecular formula is C17H23N3O3S. The molecule has 0 spiro atoms. The number of aromatic nitrogens is 1. The molecule has 1 saturated heterocycles. The Balaban J connectivity index is 1.63. The minimum absolute atomic E-state index is 0.0459. The van der Waals surface area contributed by atoms with Crippen molar-refractivity contribution in [3.8, 4) is 0 Å². The average Bonchev–Trinajstić information content (AvgIpc) is 3.22. The van der Waals surface area contributed by atoms with E-state index in [1.165, 1.54) is 23.8 Å².